The van der Waals surface area contributed by atoms with E-state index in [0.717, 1.165) is 25.7 Å². The van der Waals surface area contributed by atoms with Crippen molar-refractivity contribution < 1.29 is 14.0 Å². The zero-order valence-electron chi connectivity index (χ0n) is 13.9. The zero-order chi connectivity index (χ0) is 17.5. The second kappa shape index (κ2) is 8.29. The second-order valence-corrected chi connectivity index (χ2v) is 5.83. The molecule has 0 aliphatic rings. The fourth-order valence-electron chi connectivity index (χ4n) is 2.40. The van der Waals surface area contributed by atoms with Crippen LogP contribution < -0.4 is 16.3 Å². The van der Waals surface area contributed by atoms with Gasteiger partial charge in [-0.15, -0.1) is 0 Å². The van der Waals surface area contributed by atoms with Gasteiger partial charge >= 0.3 is 17.4 Å². The topological polar surface area (TPSA) is 88.4 Å². The van der Waals surface area contributed by atoms with Crippen LogP contribution in [0.5, 0.6) is 0 Å². The van der Waals surface area contributed by atoms with Crippen LogP contribution in [0.2, 0.25) is 0 Å². The fraction of sp³-hybridized carbons (Fsp3) is 0.389. The summed E-state index contributed by atoms with van der Waals surface area (Å²) in [6, 6.07) is 7.68. The van der Waals surface area contributed by atoms with Gasteiger partial charge in [0, 0.05) is 23.2 Å². The van der Waals surface area contributed by atoms with Gasteiger partial charge in [0.15, 0.2) is 0 Å². The summed E-state index contributed by atoms with van der Waals surface area (Å²) in [6.07, 6.45) is 4.10. The predicted molar refractivity (Wildman–Crippen MR) is 92.9 cm³/mol. The van der Waals surface area contributed by atoms with Gasteiger partial charge in [-0.1, -0.05) is 26.2 Å². The molecule has 0 bridgehead atoms. The zero-order valence-corrected chi connectivity index (χ0v) is 13.9. The molecule has 0 aliphatic heterocycles. The van der Waals surface area contributed by atoms with Crippen LogP contribution in [0.1, 0.15) is 39.5 Å². The van der Waals surface area contributed by atoms with Crippen molar-refractivity contribution >= 4 is 28.5 Å². The van der Waals surface area contributed by atoms with Crippen molar-refractivity contribution in [3.63, 3.8) is 0 Å². The molecule has 0 fully saturated rings. The summed E-state index contributed by atoms with van der Waals surface area (Å²) < 4.78 is 5.02. The molecule has 1 unspecified atom stereocenters. The van der Waals surface area contributed by atoms with Crippen molar-refractivity contribution in [3.8, 4) is 0 Å². The highest BCUT2D eigenvalue weighted by molar-refractivity contribution is 6.39. The van der Waals surface area contributed by atoms with Gasteiger partial charge in [0.25, 0.3) is 0 Å². The molecule has 2 rings (SSSR count). The lowest BCUT2D eigenvalue weighted by Crippen LogP contribution is -2.40. The molecular weight excluding hydrogens is 308 g/mol. The molecule has 2 N–H and O–H groups in total. The Balaban J connectivity index is 1.94. The van der Waals surface area contributed by atoms with E-state index in [1.807, 2.05) is 6.92 Å². The standard InChI is InChI=1S/C18H22N2O4/c1-3-4-5-6-12(2)19-17(22)18(23)20-14-8-9-15-13(11-14)7-10-16(21)24-15/h7-12H,3-6H2,1-2H3,(H,19,22)(H,20,23). The maximum absolute atomic E-state index is 12.0. The Kier molecular flexibility index (Phi) is 6.12. The third-order valence-corrected chi connectivity index (χ3v) is 3.70. The fourth-order valence-corrected chi connectivity index (χ4v) is 2.40. The van der Waals surface area contributed by atoms with E-state index in [4.69, 9.17) is 4.42 Å². The number of benzene rings is 1. The Hall–Kier alpha value is -2.63. The molecule has 1 atom stereocenters. The van der Waals surface area contributed by atoms with Gasteiger partial charge in [-0.25, -0.2) is 4.79 Å². The summed E-state index contributed by atoms with van der Waals surface area (Å²) in [7, 11) is 0. The van der Waals surface area contributed by atoms with Gasteiger partial charge in [0.2, 0.25) is 0 Å². The smallest absolute Gasteiger partial charge is 0.336 e. The first-order chi connectivity index (χ1) is 11.5. The molecule has 6 heteroatoms. The van der Waals surface area contributed by atoms with Gasteiger partial charge < -0.3 is 15.1 Å². The van der Waals surface area contributed by atoms with E-state index < -0.39 is 17.4 Å². The van der Waals surface area contributed by atoms with Crippen molar-refractivity contribution in [3.05, 3.63) is 40.8 Å². The van der Waals surface area contributed by atoms with E-state index in [1.165, 1.54) is 6.07 Å². The summed E-state index contributed by atoms with van der Waals surface area (Å²) in [5.41, 5.74) is 0.459. The van der Waals surface area contributed by atoms with E-state index in [9.17, 15) is 14.4 Å². The molecular formula is C18H22N2O4. The molecule has 128 valence electrons. The summed E-state index contributed by atoms with van der Waals surface area (Å²) >= 11 is 0. The van der Waals surface area contributed by atoms with E-state index in [2.05, 4.69) is 17.6 Å². The first-order valence-electron chi connectivity index (χ1n) is 8.15. The number of amides is 2. The number of nitrogens with one attached hydrogen (secondary N) is 2. The molecule has 2 amide bonds. The molecule has 0 aliphatic carbocycles. The van der Waals surface area contributed by atoms with E-state index in [1.54, 1.807) is 24.3 Å². The number of fused-ring (bicyclic) bond motifs is 1. The van der Waals surface area contributed by atoms with Crippen LogP contribution in [-0.2, 0) is 9.59 Å². The van der Waals surface area contributed by atoms with Crippen LogP contribution >= 0.6 is 0 Å². The third kappa shape index (κ3) is 4.94. The minimum absolute atomic E-state index is 0.0410. The summed E-state index contributed by atoms with van der Waals surface area (Å²) in [6.45, 7) is 4.00. The highest BCUT2D eigenvalue weighted by Crippen LogP contribution is 2.17. The van der Waals surface area contributed by atoms with Gasteiger partial charge in [-0.2, -0.15) is 0 Å². The van der Waals surface area contributed by atoms with Crippen LogP contribution in [0.15, 0.2) is 39.5 Å². The van der Waals surface area contributed by atoms with Crippen molar-refractivity contribution in [2.24, 2.45) is 0 Å². The summed E-state index contributed by atoms with van der Waals surface area (Å²) in [5.74, 6) is -1.37. The van der Waals surface area contributed by atoms with Crippen LogP contribution in [0.4, 0.5) is 5.69 Å². The SMILES string of the molecule is CCCCCC(C)NC(=O)C(=O)Nc1ccc2oc(=O)ccc2c1. The Morgan fingerprint density at radius 2 is 1.92 bits per heavy atom. The Morgan fingerprint density at radius 3 is 2.67 bits per heavy atom. The molecule has 0 saturated heterocycles. The predicted octanol–water partition coefficient (Wildman–Crippen LogP) is 2.82. The van der Waals surface area contributed by atoms with E-state index >= 15 is 0 Å². The lowest BCUT2D eigenvalue weighted by molar-refractivity contribution is -0.136. The molecule has 1 heterocycles. The second-order valence-electron chi connectivity index (χ2n) is 5.83. The number of carbonyl (C=O) groups is 2. The molecule has 1 aromatic carbocycles. The Labute approximate surface area is 140 Å². The van der Waals surface area contributed by atoms with Crippen LogP contribution in [0.3, 0.4) is 0 Å². The first kappa shape index (κ1) is 17.7. The highest BCUT2D eigenvalue weighted by Gasteiger charge is 2.16. The molecule has 6 nitrogen and oxygen atoms in total. The number of rotatable bonds is 6. The molecule has 0 radical (unpaired) electrons. The lowest BCUT2D eigenvalue weighted by Gasteiger charge is -2.13. The van der Waals surface area contributed by atoms with Crippen molar-refractivity contribution in [2.45, 2.75) is 45.6 Å². The number of carbonyl (C=O) groups excluding carboxylic acids is 2. The minimum Gasteiger partial charge on any atom is -0.423 e. The van der Waals surface area contributed by atoms with Crippen LogP contribution in [0.25, 0.3) is 11.0 Å². The molecule has 0 spiro atoms. The minimum atomic E-state index is -0.714. The van der Waals surface area contributed by atoms with Crippen molar-refractivity contribution in [2.75, 3.05) is 5.32 Å². The van der Waals surface area contributed by atoms with Crippen LogP contribution in [-0.4, -0.2) is 17.9 Å². The quantitative estimate of drug-likeness (QED) is 0.484. The third-order valence-electron chi connectivity index (χ3n) is 3.70. The molecule has 2 aromatic rings. The van der Waals surface area contributed by atoms with Crippen molar-refractivity contribution in [1.29, 1.82) is 0 Å². The van der Waals surface area contributed by atoms with Gasteiger partial charge in [-0.05, 0) is 37.6 Å². The average molecular weight is 330 g/mol. The van der Waals surface area contributed by atoms with Crippen molar-refractivity contribution in [1.82, 2.24) is 5.32 Å². The van der Waals surface area contributed by atoms with E-state index in [0.29, 0.717) is 16.7 Å². The number of unbranched alkanes of at least 4 members (excludes halogenated alkanes) is 2. The largest absolute Gasteiger partial charge is 0.423 e. The normalized spacial score (nSPS) is 11.9. The molecule has 0 saturated carbocycles. The van der Waals surface area contributed by atoms with Gasteiger partial charge in [0.05, 0.1) is 0 Å². The first-order valence-corrected chi connectivity index (χ1v) is 8.15. The summed E-state index contributed by atoms with van der Waals surface area (Å²) in [4.78, 5) is 35.0. The monoisotopic (exact) mass is 330 g/mol. The maximum atomic E-state index is 12.0. The van der Waals surface area contributed by atoms with Crippen LogP contribution in [0, 0.1) is 0 Å². The Morgan fingerprint density at radius 1 is 1.12 bits per heavy atom. The lowest BCUT2D eigenvalue weighted by atomic mass is 10.1. The van der Waals surface area contributed by atoms with Gasteiger partial charge in [0.1, 0.15) is 5.58 Å². The Bertz CT molecular complexity index is 782. The number of hydrogen-bond acceptors (Lipinski definition) is 4. The summed E-state index contributed by atoms with van der Waals surface area (Å²) in [5, 5.41) is 5.91. The van der Waals surface area contributed by atoms with Gasteiger partial charge in [-0.3, -0.25) is 9.59 Å². The molecule has 1 aromatic heterocycles. The number of anilines is 1. The number of hydrogen-bond donors (Lipinski definition) is 2. The van der Waals surface area contributed by atoms with E-state index in [-0.39, 0.29) is 6.04 Å². The average Bonchev–Trinajstić information content (AvgIpc) is 2.55. The maximum Gasteiger partial charge on any atom is 0.336 e. The highest BCUT2D eigenvalue weighted by atomic mass is 16.4. The molecule has 24 heavy (non-hydrogen) atoms.